The molecule has 2 saturated carbocycles. The molecule has 102 valence electrons. The second-order valence-corrected chi connectivity index (χ2v) is 6.20. The van der Waals surface area contributed by atoms with Crippen molar-refractivity contribution in [2.45, 2.75) is 56.6 Å². The average molecular weight is 252 g/mol. The summed E-state index contributed by atoms with van der Waals surface area (Å²) in [7, 11) is 0. The Hall–Kier alpha value is -0.610. The van der Waals surface area contributed by atoms with E-state index in [-0.39, 0.29) is 11.5 Å². The number of carbonyl (C=O) groups excluding carboxylic acids is 1. The van der Waals surface area contributed by atoms with E-state index >= 15 is 0 Å². The molecular formula is C14H24N2O2. The number of nitrogens with one attached hydrogen (secondary N) is 2. The molecule has 0 radical (unpaired) electrons. The van der Waals surface area contributed by atoms with Crippen LogP contribution in [0.25, 0.3) is 0 Å². The van der Waals surface area contributed by atoms with Gasteiger partial charge in [0.1, 0.15) is 0 Å². The SMILES string of the molecule is O=C(CC1CC1)NC1CCC2(CC1)CNCCO2. The molecule has 0 unspecified atom stereocenters. The zero-order chi connectivity index (χ0) is 12.4. The van der Waals surface area contributed by atoms with Gasteiger partial charge in [-0.2, -0.15) is 0 Å². The van der Waals surface area contributed by atoms with Crippen molar-refractivity contribution in [1.82, 2.24) is 10.6 Å². The minimum Gasteiger partial charge on any atom is -0.372 e. The van der Waals surface area contributed by atoms with Gasteiger partial charge < -0.3 is 15.4 Å². The normalized spacial score (nSPS) is 36.6. The largest absolute Gasteiger partial charge is 0.372 e. The van der Waals surface area contributed by atoms with Crippen LogP contribution >= 0.6 is 0 Å². The molecule has 0 bridgehead atoms. The molecule has 0 aromatic rings. The number of carbonyl (C=O) groups is 1. The molecule has 4 nitrogen and oxygen atoms in total. The Kier molecular flexibility index (Phi) is 3.57. The molecule has 3 aliphatic rings. The van der Waals surface area contributed by atoms with Crippen LogP contribution in [0.1, 0.15) is 44.9 Å². The summed E-state index contributed by atoms with van der Waals surface area (Å²) < 4.78 is 5.96. The Morgan fingerprint density at radius 3 is 2.67 bits per heavy atom. The first-order valence-electron chi connectivity index (χ1n) is 7.40. The lowest BCUT2D eigenvalue weighted by atomic mass is 9.81. The van der Waals surface area contributed by atoms with E-state index in [2.05, 4.69) is 10.6 Å². The number of hydrogen-bond acceptors (Lipinski definition) is 3. The fourth-order valence-electron chi connectivity index (χ4n) is 3.19. The van der Waals surface area contributed by atoms with E-state index in [1.54, 1.807) is 0 Å². The maximum atomic E-state index is 11.8. The van der Waals surface area contributed by atoms with Crippen LogP contribution in [0.3, 0.4) is 0 Å². The van der Waals surface area contributed by atoms with Crippen LogP contribution in [-0.4, -0.2) is 37.2 Å². The van der Waals surface area contributed by atoms with Gasteiger partial charge in [0.2, 0.25) is 5.91 Å². The zero-order valence-corrected chi connectivity index (χ0v) is 11.0. The molecule has 1 spiro atoms. The van der Waals surface area contributed by atoms with Gasteiger partial charge >= 0.3 is 0 Å². The van der Waals surface area contributed by atoms with E-state index in [4.69, 9.17) is 4.74 Å². The third kappa shape index (κ3) is 3.04. The smallest absolute Gasteiger partial charge is 0.220 e. The lowest BCUT2D eigenvalue weighted by Crippen LogP contribution is -2.53. The molecule has 0 atom stereocenters. The Morgan fingerprint density at radius 2 is 2.06 bits per heavy atom. The predicted octanol–water partition coefficient (Wildman–Crippen LogP) is 1.20. The van der Waals surface area contributed by atoms with Gasteiger partial charge in [0.15, 0.2) is 0 Å². The van der Waals surface area contributed by atoms with Gasteiger partial charge in [0.25, 0.3) is 0 Å². The number of ether oxygens (including phenoxy) is 1. The fraction of sp³-hybridized carbons (Fsp3) is 0.929. The van der Waals surface area contributed by atoms with E-state index in [9.17, 15) is 4.79 Å². The van der Waals surface area contributed by atoms with Crippen LogP contribution in [0.2, 0.25) is 0 Å². The minimum atomic E-state index is 0.0654. The van der Waals surface area contributed by atoms with Crippen molar-refractivity contribution in [2.24, 2.45) is 5.92 Å². The summed E-state index contributed by atoms with van der Waals surface area (Å²) in [4.78, 5) is 11.8. The van der Waals surface area contributed by atoms with Crippen molar-refractivity contribution in [3.05, 3.63) is 0 Å². The van der Waals surface area contributed by atoms with Crippen molar-refractivity contribution in [3.8, 4) is 0 Å². The minimum absolute atomic E-state index is 0.0654. The molecule has 1 amide bonds. The summed E-state index contributed by atoms with van der Waals surface area (Å²) in [5, 5.41) is 6.62. The molecule has 1 heterocycles. The Bertz CT molecular complexity index is 299. The lowest BCUT2D eigenvalue weighted by Gasteiger charge is -2.43. The van der Waals surface area contributed by atoms with Gasteiger partial charge in [-0.25, -0.2) is 0 Å². The summed E-state index contributed by atoms with van der Waals surface area (Å²) in [6.07, 6.45) is 7.54. The number of hydrogen-bond donors (Lipinski definition) is 2. The predicted molar refractivity (Wildman–Crippen MR) is 69.3 cm³/mol. The summed E-state index contributed by atoms with van der Waals surface area (Å²) in [6, 6.07) is 0.382. The van der Waals surface area contributed by atoms with Crippen LogP contribution in [0.15, 0.2) is 0 Å². The molecule has 1 saturated heterocycles. The third-order valence-corrected chi connectivity index (χ3v) is 4.57. The molecule has 3 fully saturated rings. The maximum absolute atomic E-state index is 11.8. The van der Waals surface area contributed by atoms with Crippen molar-refractivity contribution < 1.29 is 9.53 Å². The number of morpholine rings is 1. The van der Waals surface area contributed by atoms with Gasteiger partial charge in [0.05, 0.1) is 12.2 Å². The van der Waals surface area contributed by atoms with Gasteiger partial charge in [-0.3, -0.25) is 4.79 Å². The van der Waals surface area contributed by atoms with Crippen molar-refractivity contribution >= 4 is 5.91 Å². The quantitative estimate of drug-likeness (QED) is 0.793. The zero-order valence-electron chi connectivity index (χ0n) is 11.0. The van der Waals surface area contributed by atoms with Crippen LogP contribution < -0.4 is 10.6 Å². The highest BCUT2D eigenvalue weighted by Crippen LogP contribution is 2.34. The molecule has 2 N–H and O–H groups in total. The van der Waals surface area contributed by atoms with E-state index in [1.165, 1.54) is 12.8 Å². The van der Waals surface area contributed by atoms with E-state index in [1.807, 2.05) is 0 Å². The number of rotatable bonds is 3. The second-order valence-electron chi connectivity index (χ2n) is 6.20. The molecule has 0 aromatic heterocycles. The summed E-state index contributed by atoms with van der Waals surface area (Å²) in [6.45, 7) is 2.79. The highest BCUT2D eigenvalue weighted by molar-refractivity contribution is 5.76. The molecule has 1 aliphatic heterocycles. The van der Waals surface area contributed by atoms with Gasteiger partial charge in [-0.05, 0) is 44.4 Å². The lowest BCUT2D eigenvalue weighted by molar-refractivity contribution is -0.124. The Labute approximate surface area is 109 Å². The standard InChI is InChI=1S/C14H24N2O2/c17-13(9-11-1-2-11)16-12-3-5-14(6-4-12)10-15-7-8-18-14/h11-12,15H,1-10H2,(H,16,17). The fourth-order valence-corrected chi connectivity index (χ4v) is 3.19. The van der Waals surface area contributed by atoms with E-state index < -0.39 is 0 Å². The van der Waals surface area contributed by atoms with Crippen LogP contribution in [0.4, 0.5) is 0 Å². The monoisotopic (exact) mass is 252 g/mol. The van der Waals surface area contributed by atoms with Gasteiger partial charge in [-0.1, -0.05) is 0 Å². The molecule has 4 heteroatoms. The second kappa shape index (κ2) is 5.17. The van der Waals surface area contributed by atoms with Crippen molar-refractivity contribution in [1.29, 1.82) is 0 Å². The highest BCUT2D eigenvalue weighted by atomic mass is 16.5. The van der Waals surface area contributed by atoms with Gasteiger partial charge in [-0.15, -0.1) is 0 Å². The average Bonchev–Trinajstić information content (AvgIpc) is 3.17. The summed E-state index contributed by atoms with van der Waals surface area (Å²) in [5.41, 5.74) is 0.0654. The highest BCUT2D eigenvalue weighted by Gasteiger charge is 2.38. The first-order valence-corrected chi connectivity index (χ1v) is 7.40. The van der Waals surface area contributed by atoms with Crippen LogP contribution in [0, 0.1) is 5.92 Å². The number of amides is 1. The summed E-state index contributed by atoms with van der Waals surface area (Å²) >= 11 is 0. The Morgan fingerprint density at radius 1 is 1.28 bits per heavy atom. The van der Waals surface area contributed by atoms with Crippen molar-refractivity contribution in [3.63, 3.8) is 0 Å². The first kappa shape index (κ1) is 12.4. The first-order chi connectivity index (χ1) is 8.76. The molecule has 3 rings (SSSR count). The Balaban J connectivity index is 1.42. The van der Waals surface area contributed by atoms with Crippen molar-refractivity contribution in [2.75, 3.05) is 19.7 Å². The molecule has 2 aliphatic carbocycles. The molecule has 18 heavy (non-hydrogen) atoms. The van der Waals surface area contributed by atoms with E-state index in [0.29, 0.717) is 12.0 Å². The maximum Gasteiger partial charge on any atom is 0.220 e. The van der Waals surface area contributed by atoms with Crippen LogP contribution in [-0.2, 0) is 9.53 Å². The topological polar surface area (TPSA) is 50.4 Å². The summed E-state index contributed by atoms with van der Waals surface area (Å²) in [5.74, 6) is 0.951. The van der Waals surface area contributed by atoms with Crippen LogP contribution in [0.5, 0.6) is 0 Å². The molecule has 0 aromatic carbocycles. The van der Waals surface area contributed by atoms with Gasteiger partial charge in [0, 0.05) is 25.6 Å². The molecular weight excluding hydrogens is 228 g/mol. The third-order valence-electron chi connectivity index (χ3n) is 4.57. The van der Waals surface area contributed by atoms with E-state index in [0.717, 1.165) is 51.8 Å².